The number of alkyl halides is 9. The van der Waals surface area contributed by atoms with E-state index in [0.29, 0.717) is 0 Å². The van der Waals surface area contributed by atoms with Crippen LogP contribution in [0.3, 0.4) is 0 Å². The lowest BCUT2D eigenvalue weighted by atomic mass is 10.0. The van der Waals surface area contributed by atoms with Crippen LogP contribution in [0.2, 0.25) is 0 Å². The molecule has 0 aromatic heterocycles. The van der Waals surface area contributed by atoms with Crippen LogP contribution in [-0.2, 0) is 28.6 Å². The highest BCUT2D eigenvalue weighted by molar-refractivity contribution is 7.87. The minimum atomic E-state index is -5.90. The summed E-state index contributed by atoms with van der Waals surface area (Å²) in [6.45, 7) is 6.77. The third kappa shape index (κ3) is 8.69. The highest BCUT2D eigenvalue weighted by Crippen LogP contribution is 2.46. The average Bonchev–Trinajstić information content (AvgIpc) is 2.63. The Bertz CT molecular complexity index is 834. The van der Waals surface area contributed by atoms with Crippen LogP contribution in [0.4, 0.5) is 39.5 Å². The third-order valence-electron chi connectivity index (χ3n) is 5.07. The Morgan fingerprint density at radius 1 is 0.618 bits per heavy atom. The van der Waals surface area contributed by atoms with Gasteiger partial charge in [0.2, 0.25) is 0 Å². The highest BCUT2D eigenvalue weighted by Gasteiger charge is 2.71. The second-order valence-corrected chi connectivity index (χ2v) is 11.6. The molecule has 208 valence electrons. The van der Waals surface area contributed by atoms with Crippen LogP contribution in [-0.4, -0.2) is 57.1 Å². The quantitative estimate of drug-likeness (QED) is 0.257. The lowest BCUT2D eigenvalue weighted by molar-refractivity contribution is -0.349. The van der Waals surface area contributed by atoms with Gasteiger partial charge in [-0.05, 0) is 47.0 Å². The van der Waals surface area contributed by atoms with Gasteiger partial charge in [0.05, 0.1) is 10.5 Å². The average molecular weight is 565 g/mol. The summed E-state index contributed by atoms with van der Waals surface area (Å²) in [6.07, 6.45) is -16.9. The fraction of sp³-hybridized carbons (Fsp3) is 1.00. The van der Waals surface area contributed by atoms with Gasteiger partial charge in [0.1, 0.15) is 0 Å². The molecular weight excluding hydrogens is 535 g/mol. The van der Waals surface area contributed by atoms with Gasteiger partial charge in [0.15, 0.2) is 5.60 Å². The summed E-state index contributed by atoms with van der Waals surface area (Å²) < 4.78 is 165. The molecule has 0 aliphatic heterocycles. The van der Waals surface area contributed by atoms with E-state index in [1.165, 1.54) is 20.8 Å². The number of halogens is 9. The Morgan fingerprint density at radius 2 is 0.912 bits per heavy atom. The summed E-state index contributed by atoms with van der Waals surface area (Å²) in [7, 11) is -9.16. The molecule has 0 aliphatic carbocycles. The number of rotatable bonds is 9. The van der Waals surface area contributed by atoms with E-state index in [1.807, 2.05) is 0 Å². The van der Waals surface area contributed by atoms with Crippen molar-refractivity contribution in [2.75, 3.05) is 0 Å². The van der Waals surface area contributed by atoms with Gasteiger partial charge in [-0.3, -0.25) is 4.18 Å². The molecule has 17 heteroatoms. The summed E-state index contributed by atoms with van der Waals surface area (Å²) in [4.78, 5) is 0. The van der Waals surface area contributed by atoms with Crippen LogP contribution in [0.15, 0.2) is 0 Å². The maximum absolute atomic E-state index is 12.6. The maximum atomic E-state index is 12.6. The molecule has 6 nitrogen and oxygen atoms in total. The molecule has 0 fully saturated rings. The Hall–Kier alpha value is -0.810. The van der Waals surface area contributed by atoms with E-state index < -0.39 is 66.9 Å². The molecule has 0 radical (unpaired) electrons. The van der Waals surface area contributed by atoms with Crippen LogP contribution >= 0.6 is 0 Å². The van der Waals surface area contributed by atoms with Crippen molar-refractivity contribution >= 4 is 20.2 Å². The Labute approximate surface area is 193 Å². The molecule has 3 atom stereocenters. The van der Waals surface area contributed by atoms with E-state index in [1.54, 1.807) is 6.92 Å². The van der Waals surface area contributed by atoms with Gasteiger partial charge in [-0.25, -0.2) is 4.18 Å². The molecule has 0 aromatic rings. The van der Waals surface area contributed by atoms with Crippen LogP contribution in [0.5, 0.6) is 0 Å². The first kappa shape index (κ1) is 35.4. The van der Waals surface area contributed by atoms with Crippen molar-refractivity contribution in [3.05, 3.63) is 0 Å². The monoisotopic (exact) mass is 564 g/mol. The molecule has 0 aromatic carbocycles. The molecule has 3 unspecified atom stereocenters. The van der Waals surface area contributed by atoms with E-state index in [2.05, 4.69) is 8.37 Å². The van der Waals surface area contributed by atoms with Crippen molar-refractivity contribution in [3.8, 4) is 0 Å². The third-order valence-corrected chi connectivity index (χ3v) is 8.88. The SMILES string of the molecule is CCC(C)S(=O)(=O)OC(C)(C(F)(F)F)C(F)(F)F.CCC(C)S(=O)(=O)OC(C)(CC)C(F)(F)F. The topological polar surface area (TPSA) is 86.7 Å². The largest absolute Gasteiger partial charge is 0.427 e. The summed E-state index contributed by atoms with van der Waals surface area (Å²) in [6, 6.07) is 0. The van der Waals surface area contributed by atoms with Crippen molar-refractivity contribution in [2.24, 2.45) is 0 Å². The Balaban J connectivity index is 0. The molecule has 0 spiro atoms. The van der Waals surface area contributed by atoms with Gasteiger partial charge in [-0.1, -0.05) is 20.8 Å². The van der Waals surface area contributed by atoms with E-state index in [9.17, 15) is 56.3 Å². The van der Waals surface area contributed by atoms with Crippen LogP contribution in [0, 0.1) is 0 Å². The molecule has 0 heterocycles. The van der Waals surface area contributed by atoms with Crippen molar-refractivity contribution in [2.45, 2.75) is 108 Å². The van der Waals surface area contributed by atoms with Gasteiger partial charge in [-0.2, -0.15) is 56.3 Å². The van der Waals surface area contributed by atoms with Crippen molar-refractivity contribution < 1.29 is 64.7 Å². The minimum absolute atomic E-state index is 0.172. The normalized spacial score (nSPS) is 17.9. The first-order valence-electron chi connectivity index (χ1n) is 9.78. The molecule has 0 amide bonds. The van der Waals surface area contributed by atoms with Gasteiger partial charge in [0, 0.05) is 0 Å². The zero-order chi connectivity index (χ0) is 28.2. The van der Waals surface area contributed by atoms with E-state index >= 15 is 0 Å². The highest BCUT2D eigenvalue weighted by atomic mass is 32.2. The second-order valence-electron chi connectivity index (χ2n) is 7.70. The molecule has 0 saturated carbocycles. The standard InChI is InChI=1S/C9H17F3O3S.C8H12F6O3S/c1-5-7(3)16(13,14)15-8(4,6-2)9(10,11)12;1-4-5(2)18(15,16)17-6(3,7(9,10)11)8(12,13)14/h7H,5-6H2,1-4H3;5H,4H2,1-3H3. The van der Waals surface area contributed by atoms with Crippen LogP contribution in [0.1, 0.15) is 67.7 Å². The van der Waals surface area contributed by atoms with Crippen LogP contribution < -0.4 is 0 Å². The van der Waals surface area contributed by atoms with Crippen molar-refractivity contribution in [1.29, 1.82) is 0 Å². The molecule has 34 heavy (non-hydrogen) atoms. The van der Waals surface area contributed by atoms with Crippen LogP contribution in [0.25, 0.3) is 0 Å². The lowest BCUT2D eigenvalue weighted by Gasteiger charge is -2.33. The number of hydrogen-bond donors (Lipinski definition) is 0. The molecular formula is C17H29F9O6S2. The lowest BCUT2D eigenvalue weighted by Crippen LogP contribution is -2.57. The zero-order valence-electron chi connectivity index (χ0n) is 19.4. The Kier molecular flexibility index (Phi) is 12.0. The first-order valence-corrected chi connectivity index (χ1v) is 12.7. The summed E-state index contributed by atoms with van der Waals surface area (Å²) in [5.41, 5.74) is -7.39. The first-order chi connectivity index (χ1) is 14.7. The Morgan fingerprint density at radius 3 is 1.12 bits per heavy atom. The molecule has 0 saturated heterocycles. The maximum Gasteiger partial charge on any atom is 0.427 e. The predicted octanol–water partition coefficient (Wildman–Crippen LogP) is 5.88. The van der Waals surface area contributed by atoms with Gasteiger partial charge in [0.25, 0.3) is 25.8 Å². The summed E-state index contributed by atoms with van der Waals surface area (Å²) in [5.74, 6) is 0. The summed E-state index contributed by atoms with van der Waals surface area (Å²) in [5, 5.41) is -2.41. The molecule has 0 aliphatic rings. The molecule has 0 bridgehead atoms. The predicted molar refractivity (Wildman–Crippen MR) is 105 cm³/mol. The van der Waals surface area contributed by atoms with Gasteiger partial charge in [-0.15, -0.1) is 0 Å². The number of hydrogen-bond acceptors (Lipinski definition) is 6. The van der Waals surface area contributed by atoms with Gasteiger partial charge >= 0.3 is 18.5 Å². The zero-order valence-corrected chi connectivity index (χ0v) is 21.1. The van der Waals surface area contributed by atoms with Crippen molar-refractivity contribution in [3.63, 3.8) is 0 Å². The van der Waals surface area contributed by atoms with E-state index in [4.69, 9.17) is 0 Å². The van der Waals surface area contributed by atoms with E-state index in [0.717, 1.165) is 13.8 Å². The summed E-state index contributed by atoms with van der Waals surface area (Å²) >= 11 is 0. The van der Waals surface area contributed by atoms with Crippen molar-refractivity contribution in [1.82, 2.24) is 0 Å². The second kappa shape index (κ2) is 11.5. The molecule has 0 rings (SSSR count). The fourth-order valence-electron chi connectivity index (χ4n) is 1.62. The minimum Gasteiger partial charge on any atom is -0.254 e. The molecule has 0 N–H and O–H groups in total. The van der Waals surface area contributed by atoms with Gasteiger partial charge < -0.3 is 0 Å². The smallest absolute Gasteiger partial charge is 0.254 e. The fourth-order valence-corrected chi connectivity index (χ4v) is 4.15. The van der Waals surface area contributed by atoms with E-state index in [-0.39, 0.29) is 19.8 Å².